The Kier molecular flexibility index (Phi) is 4.79. The van der Waals surface area contributed by atoms with Gasteiger partial charge in [0.25, 0.3) is 0 Å². The van der Waals surface area contributed by atoms with Crippen LogP contribution in [-0.2, 0) is 4.79 Å². The lowest BCUT2D eigenvalue weighted by Crippen LogP contribution is -2.47. The third-order valence-corrected chi connectivity index (χ3v) is 4.76. The predicted molar refractivity (Wildman–Crippen MR) is 88.1 cm³/mol. The molecule has 1 N–H and O–H groups in total. The molecule has 0 saturated carbocycles. The summed E-state index contributed by atoms with van der Waals surface area (Å²) in [6, 6.07) is 3.93. The first kappa shape index (κ1) is 15.8. The number of carbonyl (C=O) groups excluding carboxylic acids is 2. The zero-order chi connectivity index (χ0) is 16.2. The van der Waals surface area contributed by atoms with E-state index >= 15 is 0 Å². The third-order valence-electron chi connectivity index (χ3n) is 4.76. The molecule has 23 heavy (non-hydrogen) atoms. The van der Waals surface area contributed by atoms with Crippen LogP contribution in [0.5, 0.6) is 0 Å². The van der Waals surface area contributed by atoms with Crippen molar-refractivity contribution in [3.63, 3.8) is 0 Å². The second kappa shape index (κ2) is 6.98. The lowest BCUT2D eigenvalue weighted by molar-refractivity contribution is -0.121. The average molecular weight is 316 g/mol. The molecule has 3 amide bonds. The number of pyridine rings is 1. The Labute approximate surface area is 136 Å². The SMILES string of the molecule is Cc1cccnc1NC(=O)C1CCN(C(=O)N2CCCC2)CC1. The van der Waals surface area contributed by atoms with Gasteiger partial charge in [-0.1, -0.05) is 6.07 Å². The Morgan fingerprint density at radius 3 is 2.43 bits per heavy atom. The molecule has 0 bridgehead atoms. The maximum atomic E-state index is 12.4. The zero-order valence-electron chi connectivity index (χ0n) is 13.6. The number of rotatable bonds is 2. The van der Waals surface area contributed by atoms with Gasteiger partial charge in [-0.3, -0.25) is 4.79 Å². The number of hydrogen-bond donors (Lipinski definition) is 1. The van der Waals surface area contributed by atoms with Crippen LogP contribution in [0.25, 0.3) is 0 Å². The summed E-state index contributed by atoms with van der Waals surface area (Å²) >= 11 is 0. The highest BCUT2D eigenvalue weighted by atomic mass is 16.2. The lowest BCUT2D eigenvalue weighted by atomic mass is 9.96. The molecular weight excluding hydrogens is 292 g/mol. The molecule has 3 heterocycles. The number of hydrogen-bond acceptors (Lipinski definition) is 3. The lowest BCUT2D eigenvalue weighted by Gasteiger charge is -2.34. The maximum absolute atomic E-state index is 12.4. The summed E-state index contributed by atoms with van der Waals surface area (Å²) in [5.74, 6) is 0.604. The molecule has 1 aromatic heterocycles. The van der Waals surface area contributed by atoms with Crippen molar-refractivity contribution in [2.24, 2.45) is 5.92 Å². The second-order valence-electron chi connectivity index (χ2n) is 6.40. The van der Waals surface area contributed by atoms with Gasteiger partial charge < -0.3 is 15.1 Å². The van der Waals surface area contributed by atoms with E-state index in [0.717, 1.165) is 44.3 Å². The van der Waals surface area contributed by atoms with Crippen molar-refractivity contribution < 1.29 is 9.59 Å². The number of nitrogens with one attached hydrogen (secondary N) is 1. The Morgan fingerprint density at radius 1 is 1.13 bits per heavy atom. The van der Waals surface area contributed by atoms with Crippen LogP contribution in [-0.4, -0.2) is 52.9 Å². The number of aromatic nitrogens is 1. The summed E-state index contributed by atoms with van der Waals surface area (Å²) in [6.07, 6.45) is 5.33. The number of urea groups is 1. The van der Waals surface area contributed by atoms with E-state index in [1.165, 1.54) is 0 Å². The summed E-state index contributed by atoms with van der Waals surface area (Å²) in [6.45, 7) is 5.00. The summed E-state index contributed by atoms with van der Waals surface area (Å²) in [5, 5.41) is 2.92. The van der Waals surface area contributed by atoms with E-state index in [4.69, 9.17) is 0 Å². The molecule has 0 aromatic carbocycles. The van der Waals surface area contributed by atoms with Crippen molar-refractivity contribution in [2.75, 3.05) is 31.5 Å². The number of aryl methyl sites for hydroxylation is 1. The fourth-order valence-electron chi connectivity index (χ4n) is 3.28. The van der Waals surface area contributed by atoms with Gasteiger partial charge in [-0.15, -0.1) is 0 Å². The molecule has 2 aliphatic heterocycles. The molecule has 1 aromatic rings. The average Bonchev–Trinajstić information content (AvgIpc) is 3.11. The standard InChI is InChI=1S/C17H24N4O2/c1-13-5-4-8-18-15(13)19-16(22)14-6-11-21(12-7-14)17(23)20-9-2-3-10-20/h4-5,8,14H,2-3,6-7,9-12H2,1H3,(H,18,19,22). The maximum Gasteiger partial charge on any atom is 0.319 e. The van der Waals surface area contributed by atoms with Crippen molar-refractivity contribution >= 4 is 17.8 Å². The molecule has 3 rings (SSSR count). The number of amides is 3. The molecule has 0 atom stereocenters. The van der Waals surface area contributed by atoms with Crippen molar-refractivity contribution in [2.45, 2.75) is 32.6 Å². The number of anilines is 1. The van der Waals surface area contributed by atoms with Crippen LogP contribution in [0.15, 0.2) is 18.3 Å². The fraction of sp³-hybridized carbons (Fsp3) is 0.588. The van der Waals surface area contributed by atoms with Crippen LogP contribution in [0, 0.1) is 12.8 Å². The highest BCUT2D eigenvalue weighted by Crippen LogP contribution is 2.22. The molecule has 0 aliphatic carbocycles. The van der Waals surface area contributed by atoms with Crippen LogP contribution in [0.2, 0.25) is 0 Å². The van der Waals surface area contributed by atoms with Gasteiger partial charge >= 0.3 is 6.03 Å². The van der Waals surface area contributed by atoms with E-state index in [2.05, 4.69) is 10.3 Å². The van der Waals surface area contributed by atoms with Gasteiger partial charge in [0.2, 0.25) is 5.91 Å². The van der Waals surface area contributed by atoms with Gasteiger partial charge in [0, 0.05) is 38.3 Å². The number of nitrogens with zero attached hydrogens (tertiary/aromatic N) is 3. The smallest absolute Gasteiger partial charge is 0.319 e. The van der Waals surface area contributed by atoms with Gasteiger partial charge in [-0.05, 0) is 44.2 Å². The number of likely N-dealkylation sites (tertiary alicyclic amines) is 2. The van der Waals surface area contributed by atoms with Crippen LogP contribution in [0.1, 0.15) is 31.2 Å². The molecule has 6 nitrogen and oxygen atoms in total. The minimum absolute atomic E-state index is 0.0140. The zero-order valence-corrected chi connectivity index (χ0v) is 13.6. The first-order valence-corrected chi connectivity index (χ1v) is 8.41. The normalized spacial score (nSPS) is 19.0. The molecule has 0 unspecified atom stereocenters. The van der Waals surface area contributed by atoms with Gasteiger partial charge in [-0.2, -0.15) is 0 Å². The van der Waals surface area contributed by atoms with Crippen molar-refractivity contribution in [3.05, 3.63) is 23.9 Å². The molecule has 2 fully saturated rings. The quantitative estimate of drug-likeness (QED) is 0.910. The van der Waals surface area contributed by atoms with Gasteiger partial charge in [0.15, 0.2) is 0 Å². The van der Waals surface area contributed by atoms with Crippen LogP contribution >= 0.6 is 0 Å². The Balaban J connectivity index is 1.51. The Hall–Kier alpha value is -2.11. The Morgan fingerprint density at radius 2 is 1.78 bits per heavy atom. The highest BCUT2D eigenvalue weighted by Gasteiger charge is 2.30. The van der Waals surface area contributed by atoms with Crippen LogP contribution < -0.4 is 5.32 Å². The first-order valence-electron chi connectivity index (χ1n) is 8.41. The van der Waals surface area contributed by atoms with Crippen molar-refractivity contribution in [3.8, 4) is 0 Å². The summed E-state index contributed by atoms with van der Waals surface area (Å²) in [7, 11) is 0. The van der Waals surface area contributed by atoms with Crippen LogP contribution in [0.4, 0.5) is 10.6 Å². The third kappa shape index (κ3) is 3.63. The molecular formula is C17H24N4O2. The van der Waals surface area contributed by atoms with E-state index in [0.29, 0.717) is 18.9 Å². The molecule has 2 saturated heterocycles. The molecule has 0 radical (unpaired) electrons. The highest BCUT2D eigenvalue weighted by molar-refractivity contribution is 5.92. The summed E-state index contributed by atoms with van der Waals surface area (Å²) < 4.78 is 0. The molecule has 6 heteroatoms. The van der Waals surface area contributed by atoms with Gasteiger partial charge in [0.05, 0.1) is 0 Å². The molecule has 0 spiro atoms. The van der Waals surface area contributed by atoms with Crippen molar-refractivity contribution in [1.82, 2.24) is 14.8 Å². The minimum Gasteiger partial charge on any atom is -0.325 e. The largest absolute Gasteiger partial charge is 0.325 e. The number of carbonyl (C=O) groups is 2. The monoisotopic (exact) mass is 316 g/mol. The molecule has 2 aliphatic rings. The predicted octanol–water partition coefficient (Wildman–Crippen LogP) is 2.26. The second-order valence-corrected chi connectivity index (χ2v) is 6.40. The number of piperidine rings is 1. The van der Waals surface area contributed by atoms with E-state index in [9.17, 15) is 9.59 Å². The Bertz CT molecular complexity index is 576. The van der Waals surface area contributed by atoms with Gasteiger partial charge in [-0.25, -0.2) is 9.78 Å². The van der Waals surface area contributed by atoms with E-state index in [1.54, 1.807) is 6.20 Å². The van der Waals surface area contributed by atoms with Crippen molar-refractivity contribution in [1.29, 1.82) is 0 Å². The van der Waals surface area contributed by atoms with E-state index < -0.39 is 0 Å². The molecule has 124 valence electrons. The van der Waals surface area contributed by atoms with Gasteiger partial charge in [0.1, 0.15) is 5.82 Å². The van der Waals surface area contributed by atoms with E-state index in [-0.39, 0.29) is 17.9 Å². The topological polar surface area (TPSA) is 65.5 Å². The summed E-state index contributed by atoms with van der Waals surface area (Å²) in [5.41, 5.74) is 0.961. The fourth-order valence-corrected chi connectivity index (χ4v) is 3.28. The minimum atomic E-state index is -0.0426. The first-order chi connectivity index (χ1) is 11.1. The van der Waals surface area contributed by atoms with E-state index in [1.807, 2.05) is 28.9 Å². The van der Waals surface area contributed by atoms with Crippen LogP contribution in [0.3, 0.4) is 0 Å². The summed E-state index contributed by atoms with van der Waals surface area (Å²) in [4.78, 5) is 32.8.